The molecule has 3 N–H and O–H groups in total. The van der Waals surface area contributed by atoms with E-state index in [9.17, 15) is 5.11 Å². The van der Waals surface area contributed by atoms with Crippen LogP contribution in [0.3, 0.4) is 0 Å². The van der Waals surface area contributed by atoms with Crippen molar-refractivity contribution in [1.29, 1.82) is 0 Å². The van der Waals surface area contributed by atoms with Crippen molar-refractivity contribution in [3.05, 3.63) is 29.3 Å². The average Bonchev–Trinajstić information content (AvgIpc) is 2.61. The van der Waals surface area contributed by atoms with Gasteiger partial charge in [0.15, 0.2) is 5.96 Å². The van der Waals surface area contributed by atoms with Gasteiger partial charge >= 0.3 is 0 Å². The summed E-state index contributed by atoms with van der Waals surface area (Å²) in [5, 5.41) is 17.7. The summed E-state index contributed by atoms with van der Waals surface area (Å²) in [6.45, 7) is 8.32. The number of aliphatic imine (C=N–C) groups is 1. The van der Waals surface area contributed by atoms with Gasteiger partial charge in [0.2, 0.25) is 0 Å². The Bertz CT molecular complexity index is 594. The lowest BCUT2D eigenvalue weighted by molar-refractivity contribution is -0.0198. The second-order valence-corrected chi connectivity index (χ2v) is 8.78. The van der Waals surface area contributed by atoms with Crippen molar-refractivity contribution >= 4 is 29.5 Å². The summed E-state index contributed by atoms with van der Waals surface area (Å²) in [6, 6.07) is 6.50. The topological polar surface area (TPSA) is 56.7 Å². The van der Waals surface area contributed by atoms with Crippen molar-refractivity contribution in [1.82, 2.24) is 10.6 Å². The van der Waals surface area contributed by atoms with Crippen LogP contribution in [-0.4, -0.2) is 47.0 Å². The summed E-state index contributed by atoms with van der Waals surface area (Å²) in [7, 11) is 0. The van der Waals surface area contributed by atoms with Gasteiger partial charge in [-0.15, -0.1) is 11.8 Å². The predicted octanol–water partition coefficient (Wildman–Crippen LogP) is 3.42. The number of benzene rings is 1. The molecule has 2 atom stereocenters. The van der Waals surface area contributed by atoms with Gasteiger partial charge in [-0.25, -0.2) is 4.99 Å². The maximum atomic E-state index is 10.7. The van der Waals surface area contributed by atoms with Crippen LogP contribution in [0.1, 0.15) is 37.8 Å². The molecule has 1 aromatic rings. The van der Waals surface area contributed by atoms with Crippen LogP contribution in [0.4, 0.5) is 0 Å². The molecule has 2 unspecified atom stereocenters. The highest BCUT2D eigenvalue weighted by atomic mass is 32.2. The first-order chi connectivity index (χ1) is 12.0. The first-order valence-electron chi connectivity index (χ1n) is 9.02. The van der Waals surface area contributed by atoms with Crippen LogP contribution < -0.4 is 10.6 Å². The lowest BCUT2D eigenvalue weighted by Crippen LogP contribution is -2.58. The second kappa shape index (κ2) is 9.74. The van der Waals surface area contributed by atoms with Crippen LogP contribution in [-0.2, 0) is 6.54 Å². The Morgan fingerprint density at radius 2 is 2.16 bits per heavy atom. The summed E-state index contributed by atoms with van der Waals surface area (Å²) >= 11 is 3.61. The highest BCUT2D eigenvalue weighted by Crippen LogP contribution is 2.40. The van der Waals surface area contributed by atoms with Crippen LogP contribution in [0, 0.1) is 6.92 Å². The molecule has 0 radical (unpaired) electrons. The summed E-state index contributed by atoms with van der Waals surface area (Å²) < 4.78 is 0. The van der Waals surface area contributed by atoms with E-state index >= 15 is 0 Å². The fourth-order valence-corrected chi connectivity index (χ4v) is 4.86. The van der Waals surface area contributed by atoms with Crippen LogP contribution >= 0.6 is 23.5 Å². The third kappa shape index (κ3) is 5.56. The predicted molar refractivity (Wildman–Crippen MR) is 112 cm³/mol. The third-order valence-electron chi connectivity index (χ3n) is 4.56. The molecule has 6 heteroatoms. The molecule has 0 heterocycles. The Morgan fingerprint density at radius 3 is 2.76 bits per heavy atom. The summed E-state index contributed by atoms with van der Waals surface area (Å²) in [5.74, 6) is 1.82. The molecule has 0 saturated heterocycles. The van der Waals surface area contributed by atoms with Crippen molar-refractivity contribution in [2.75, 3.05) is 25.1 Å². The van der Waals surface area contributed by atoms with Gasteiger partial charge < -0.3 is 15.7 Å². The number of nitrogens with zero attached hydrogens (tertiary/aromatic N) is 1. The van der Waals surface area contributed by atoms with E-state index in [-0.39, 0.29) is 0 Å². The summed E-state index contributed by atoms with van der Waals surface area (Å²) in [5.41, 5.74) is 1.90. The molecule has 1 aliphatic rings. The van der Waals surface area contributed by atoms with E-state index in [0.717, 1.165) is 31.1 Å². The Hall–Kier alpha value is -0.850. The highest BCUT2D eigenvalue weighted by molar-refractivity contribution is 8.00. The molecule has 0 spiro atoms. The molecule has 2 rings (SSSR count). The van der Waals surface area contributed by atoms with Gasteiger partial charge in [0, 0.05) is 23.2 Å². The molecule has 1 fully saturated rings. The van der Waals surface area contributed by atoms with Crippen LogP contribution in [0.2, 0.25) is 0 Å². The van der Waals surface area contributed by atoms with Gasteiger partial charge in [-0.1, -0.05) is 19.1 Å². The van der Waals surface area contributed by atoms with Crippen LogP contribution in [0.15, 0.2) is 28.1 Å². The molecule has 4 nitrogen and oxygen atoms in total. The fourth-order valence-electron chi connectivity index (χ4n) is 2.96. The molecule has 0 aliphatic heterocycles. The van der Waals surface area contributed by atoms with Crippen molar-refractivity contribution in [2.45, 2.75) is 55.9 Å². The molecule has 1 aromatic carbocycles. The molecular weight excluding hydrogens is 350 g/mol. The van der Waals surface area contributed by atoms with Gasteiger partial charge in [0.1, 0.15) is 0 Å². The molecule has 1 saturated carbocycles. The molecule has 25 heavy (non-hydrogen) atoms. The average molecular weight is 382 g/mol. The Kier molecular flexibility index (Phi) is 7.97. The zero-order chi connectivity index (χ0) is 18.3. The van der Waals surface area contributed by atoms with Crippen molar-refractivity contribution in [3.63, 3.8) is 0 Å². The maximum absolute atomic E-state index is 10.7. The zero-order valence-electron chi connectivity index (χ0n) is 15.8. The van der Waals surface area contributed by atoms with Gasteiger partial charge in [0.05, 0.1) is 12.1 Å². The SMILES string of the molecule is CCNC(=NCc1ccc(C)cc1SC)NCC1(O)CCC1SCC. The minimum absolute atomic E-state index is 0.341. The van der Waals surface area contributed by atoms with E-state index in [0.29, 0.717) is 18.3 Å². The summed E-state index contributed by atoms with van der Waals surface area (Å²) in [6.07, 6.45) is 4.07. The number of guanidine groups is 1. The van der Waals surface area contributed by atoms with Gasteiger partial charge in [-0.3, -0.25) is 0 Å². The van der Waals surface area contributed by atoms with E-state index in [1.165, 1.54) is 16.0 Å². The normalized spacial score (nSPS) is 23.2. The monoisotopic (exact) mass is 381 g/mol. The van der Waals surface area contributed by atoms with Gasteiger partial charge in [0.25, 0.3) is 0 Å². The number of hydrogen-bond acceptors (Lipinski definition) is 4. The van der Waals surface area contributed by atoms with Crippen LogP contribution in [0.25, 0.3) is 0 Å². The molecule has 0 amide bonds. The van der Waals surface area contributed by atoms with Crippen molar-refractivity contribution in [3.8, 4) is 0 Å². The fraction of sp³-hybridized carbons (Fsp3) is 0.632. The Morgan fingerprint density at radius 1 is 1.36 bits per heavy atom. The minimum atomic E-state index is -0.606. The molecule has 0 bridgehead atoms. The first kappa shape index (κ1) is 20.5. The Balaban J connectivity index is 1.99. The lowest BCUT2D eigenvalue weighted by Gasteiger charge is -2.45. The van der Waals surface area contributed by atoms with Crippen LogP contribution in [0.5, 0.6) is 0 Å². The lowest BCUT2D eigenvalue weighted by atomic mass is 9.79. The molecule has 140 valence electrons. The van der Waals surface area contributed by atoms with Gasteiger partial charge in [-0.2, -0.15) is 11.8 Å². The highest BCUT2D eigenvalue weighted by Gasteiger charge is 2.45. The number of aliphatic hydroxyl groups is 1. The number of hydrogen-bond donors (Lipinski definition) is 3. The number of thioether (sulfide) groups is 2. The van der Waals surface area contributed by atoms with E-state index in [1.807, 2.05) is 11.8 Å². The van der Waals surface area contributed by atoms with Gasteiger partial charge in [-0.05, 0) is 55.9 Å². The van der Waals surface area contributed by atoms with E-state index in [2.05, 4.69) is 55.9 Å². The van der Waals surface area contributed by atoms with Crippen molar-refractivity contribution in [2.24, 2.45) is 4.99 Å². The van der Waals surface area contributed by atoms with E-state index < -0.39 is 5.60 Å². The zero-order valence-corrected chi connectivity index (χ0v) is 17.4. The maximum Gasteiger partial charge on any atom is 0.191 e. The largest absolute Gasteiger partial charge is 0.387 e. The molecule has 1 aliphatic carbocycles. The first-order valence-corrected chi connectivity index (χ1v) is 11.3. The summed E-state index contributed by atoms with van der Waals surface area (Å²) in [4.78, 5) is 5.99. The second-order valence-electron chi connectivity index (χ2n) is 6.45. The van der Waals surface area contributed by atoms with E-state index in [4.69, 9.17) is 4.99 Å². The molecular formula is C19H31N3OS2. The molecule has 0 aromatic heterocycles. The standard InChI is InChI=1S/C19H31N3OS2/c1-5-20-18(22-13-19(23)10-9-17(19)25-6-2)21-12-15-8-7-14(3)11-16(15)24-4/h7-8,11,17,23H,5-6,9-10,12-13H2,1-4H3,(H2,20,21,22). The quantitative estimate of drug-likeness (QED) is 0.366. The number of rotatable bonds is 8. The minimum Gasteiger partial charge on any atom is -0.387 e. The Labute approximate surface area is 160 Å². The smallest absolute Gasteiger partial charge is 0.191 e. The number of nitrogens with one attached hydrogen (secondary N) is 2. The number of aryl methyl sites for hydroxylation is 1. The van der Waals surface area contributed by atoms with E-state index in [1.54, 1.807) is 11.8 Å². The van der Waals surface area contributed by atoms with Crippen molar-refractivity contribution < 1.29 is 5.11 Å². The third-order valence-corrected chi connectivity index (χ3v) is 6.79.